The number of nitrogens with zero attached hydrogens (tertiary/aromatic N) is 6. The first-order chi connectivity index (χ1) is 16.6. The number of carbonyl (C=O) groups is 1. The molecule has 4 aromatic heterocycles. The molecule has 1 aliphatic carbocycles. The normalized spacial score (nSPS) is 13.1. The fourth-order valence-corrected chi connectivity index (χ4v) is 3.69. The van der Waals surface area contributed by atoms with Gasteiger partial charge in [0.2, 0.25) is 0 Å². The van der Waals surface area contributed by atoms with Gasteiger partial charge in [0.25, 0.3) is 5.91 Å². The van der Waals surface area contributed by atoms with Crippen molar-refractivity contribution >= 4 is 23.1 Å². The highest BCUT2D eigenvalue weighted by Crippen LogP contribution is 2.39. The van der Waals surface area contributed by atoms with E-state index in [9.17, 15) is 4.79 Å². The molecule has 1 amide bonds. The van der Waals surface area contributed by atoms with E-state index in [1.165, 1.54) is 6.33 Å². The van der Waals surface area contributed by atoms with Crippen LogP contribution in [0.5, 0.6) is 0 Å². The largest absolute Gasteiger partial charge is 0.351 e. The summed E-state index contributed by atoms with van der Waals surface area (Å²) >= 11 is 0. The molecule has 0 spiro atoms. The summed E-state index contributed by atoms with van der Waals surface area (Å²) in [5, 5.41) is 11.0. The van der Waals surface area contributed by atoms with Crippen molar-refractivity contribution in [2.75, 3.05) is 10.6 Å². The molecule has 0 bridgehead atoms. The van der Waals surface area contributed by atoms with Crippen LogP contribution in [0.4, 0.5) is 17.2 Å². The molecule has 0 aromatic carbocycles. The zero-order valence-electron chi connectivity index (χ0n) is 19.1. The molecule has 0 aliphatic heterocycles. The Kier molecular flexibility index (Phi) is 5.99. The van der Waals surface area contributed by atoms with Crippen LogP contribution < -0.4 is 10.6 Å². The Labute approximate surface area is 197 Å². The first-order valence-corrected chi connectivity index (χ1v) is 11.4. The molecule has 0 unspecified atom stereocenters. The van der Waals surface area contributed by atoms with Crippen molar-refractivity contribution in [1.29, 1.82) is 0 Å². The summed E-state index contributed by atoms with van der Waals surface area (Å²) < 4.78 is 1.81. The lowest BCUT2D eigenvalue weighted by atomic mass is 10.2. The van der Waals surface area contributed by atoms with E-state index in [0.29, 0.717) is 47.0 Å². The number of anilines is 3. The molecule has 0 saturated heterocycles. The molecular weight excluding hydrogens is 428 g/mol. The second kappa shape index (κ2) is 9.38. The van der Waals surface area contributed by atoms with Gasteiger partial charge in [-0.05, 0) is 43.0 Å². The van der Waals surface area contributed by atoms with E-state index in [-0.39, 0.29) is 5.91 Å². The van der Waals surface area contributed by atoms with Crippen LogP contribution in [0.2, 0.25) is 0 Å². The number of nitrogens with one attached hydrogen (secondary N) is 2. The van der Waals surface area contributed by atoms with Gasteiger partial charge in [0.05, 0.1) is 29.5 Å². The monoisotopic (exact) mass is 454 g/mol. The van der Waals surface area contributed by atoms with E-state index < -0.39 is 0 Å². The van der Waals surface area contributed by atoms with Gasteiger partial charge >= 0.3 is 0 Å². The molecule has 4 aromatic rings. The summed E-state index contributed by atoms with van der Waals surface area (Å²) in [6, 6.07) is 11.4. The Hall–Kier alpha value is -4.14. The van der Waals surface area contributed by atoms with Gasteiger partial charge in [-0.15, -0.1) is 0 Å². The van der Waals surface area contributed by atoms with Crippen molar-refractivity contribution in [1.82, 2.24) is 29.7 Å². The number of amides is 1. The summed E-state index contributed by atoms with van der Waals surface area (Å²) in [6.45, 7) is 4.88. The smallest absolute Gasteiger partial charge is 0.277 e. The predicted octanol–water partition coefficient (Wildman–Crippen LogP) is 4.66. The van der Waals surface area contributed by atoms with Crippen LogP contribution in [-0.2, 0) is 6.54 Å². The molecule has 1 aliphatic rings. The third kappa shape index (κ3) is 4.93. The summed E-state index contributed by atoms with van der Waals surface area (Å²) in [6.07, 6.45) is 8.69. The van der Waals surface area contributed by atoms with Gasteiger partial charge in [0.15, 0.2) is 5.69 Å². The lowest BCUT2D eigenvalue weighted by Gasteiger charge is -2.14. The maximum Gasteiger partial charge on any atom is 0.277 e. The van der Waals surface area contributed by atoms with Crippen LogP contribution in [0.1, 0.15) is 48.8 Å². The summed E-state index contributed by atoms with van der Waals surface area (Å²) in [5.74, 6) is 1.06. The van der Waals surface area contributed by atoms with Gasteiger partial charge in [-0.25, -0.2) is 19.6 Å². The number of hydrogen-bond donors (Lipinski definition) is 2. The minimum absolute atomic E-state index is 0.306. The quantitative estimate of drug-likeness (QED) is 0.398. The Morgan fingerprint density at radius 2 is 1.94 bits per heavy atom. The second-order valence-electron chi connectivity index (χ2n) is 8.82. The highest BCUT2D eigenvalue weighted by molar-refractivity contribution is 6.06. The third-order valence-corrected chi connectivity index (χ3v) is 5.45. The zero-order valence-corrected chi connectivity index (χ0v) is 19.1. The minimum Gasteiger partial charge on any atom is -0.351 e. The van der Waals surface area contributed by atoms with Crippen LogP contribution in [0.25, 0.3) is 11.4 Å². The van der Waals surface area contributed by atoms with Gasteiger partial charge < -0.3 is 10.6 Å². The average Bonchev–Trinajstić information content (AvgIpc) is 3.63. The summed E-state index contributed by atoms with van der Waals surface area (Å²) in [4.78, 5) is 30.7. The first-order valence-electron chi connectivity index (χ1n) is 11.4. The number of pyridine rings is 2. The summed E-state index contributed by atoms with van der Waals surface area (Å²) in [5.41, 5.74) is 3.99. The fourth-order valence-electron chi connectivity index (χ4n) is 3.69. The molecule has 4 heterocycles. The Bertz CT molecular complexity index is 1280. The van der Waals surface area contributed by atoms with Gasteiger partial charge in [-0.1, -0.05) is 19.9 Å². The minimum atomic E-state index is -0.306. The number of rotatable bonds is 8. The van der Waals surface area contributed by atoms with Crippen molar-refractivity contribution < 1.29 is 4.79 Å². The van der Waals surface area contributed by atoms with Crippen molar-refractivity contribution in [3.63, 3.8) is 0 Å². The Morgan fingerprint density at radius 1 is 1.12 bits per heavy atom. The van der Waals surface area contributed by atoms with Crippen LogP contribution in [0, 0.1) is 5.92 Å². The average molecular weight is 455 g/mol. The Morgan fingerprint density at radius 3 is 2.65 bits per heavy atom. The Balaban J connectivity index is 1.47. The summed E-state index contributed by atoms with van der Waals surface area (Å²) in [7, 11) is 0. The number of carbonyl (C=O) groups excluding carboxylic acids is 1. The van der Waals surface area contributed by atoms with Gasteiger partial charge in [0, 0.05) is 30.4 Å². The first kappa shape index (κ1) is 21.7. The molecule has 0 atom stereocenters. The molecule has 1 fully saturated rings. The SMILES string of the molecule is CC(C)Cn1nc(-c2ccccn2)cc1NC(=O)c1nc(C2CC2)ccc1Nc1cncnc1. The van der Waals surface area contributed by atoms with E-state index in [0.717, 1.165) is 24.2 Å². The van der Waals surface area contributed by atoms with Crippen LogP contribution in [-0.4, -0.2) is 35.6 Å². The maximum absolute atomic E-state index is 13.5. The van der Waals surface area contributed by atoms with E-state index >= 15 is 0 Å². The van der Waals surface area contributed by atoms with E-state index in [1.54, 1.807) is 18.6 Å². The van der Waals surface area contributed by atoms with Crippen molar-refractivity contribution in [3.8, 4) is 11.4 Å². The molecule has 5 rings (SSSR count). The maximum atomic E-state index is 13.5. The van der Waals surface area contributed by atoms with E-state index in [1.807, 2.05) is 41.1 Å². The third-order valence-electron chi connectivity index (χ3n) is 5.45. The molecule has 9 heteroatoms. The highest BCUT2D eigenvalue weighted by Gasteiger charge is 2.27. The molecular formula is C25H26N8O. The standard InChI is InChI=1S/C25H26N8O/c1-16(2)14-33-23(11-22(32-33)20-5-3-4-10-28-20)31-25(34)24-21(29-18-12-26-15-27-13-18)9-8-19(30-24)17-6-7-17/h3-5,8-13,15-17,29H,6-7,14H2,1-2H3,(H,31,34). The molecule has 9 nitrogen and oxygen atoms in total. The van der Waals surface area contributed by atoms with Crippen LogP contribution >= 0.6 is 0 Å². The second-order valence-corrected chi connectivity index (χ2v) is 8.82. The molecule has 0 radical (unpaired) electrons. The van der Waals surface area contributed by atoms with E-state index in [2.05, 4.69) is 39.4 Å². The molecule has 1 saturated carbocycles. The number of aromatic nitrogens is 6. The predicted molar refractivity (Wildman–Crippen MR) is 130 cm³/mol. The lowest BCUT2D eigenvalue weighted by Crippen LogP contribution is -2.20. The van der Waals surface area contributed by atoms with Crippen molar-refractivity contribution in [2.24, 2.45) is 5.92 Å². The molecule has 2 N–H and O–H groups in total. The van der Waals surface area contributed by atoms with Crippen LogP contribution in [0.3, 0.4) is 0 Å². The van der Waals surface area contributed by atoms with Gasteiger partial charge in [-0.3, -0.25) is 9.78 Å². The van der Waals surface area contributed by atoms with Gasteiger partial charge in [-0.2, -0.15) is 5.10 Å². The van der Waals surface area contributed by atoms with E-state index in [4.69, 9.17) is 10.1 Å². The lowest BCUT2D eigenvalue weighted by molar-refractivity contribution is 0.102. The number of hydrogen-bond acceptors (Lipinski definition) is 7. The molecule has 172 valence electrons. The topological polar surface area (TPSA) is 111 Å². The zero-order chi connectivity index (χ0) is 23.5. The fraction of sp³-hybridized carbons (Fsp3) is 0.280. The van der Waals surface area contributed by atoms with Crippen molar-refractivity contribution in [3.05, 3.63) is 72.7 Å². The van der Waals surface area contributed by atoms with Crippen LogP contribution in [0.15, 0.2) is 61.3 Å². The highest BCUT2D eigenvalue weighted by atomic mass is 16.2. The van der Waals surface area contributed by atoms with Gasteiger partial charge in [0.1, 0.15) is 17.8 Å². The van der Waals surface area contributed by atoms with Crippen molar-refractivity contribution in [2.45, 2.75) is 39.2 Å². The molecule has 34 heavy (non-hydrogen) atoms.